The maximum atomic E-state index is 11.2. The van der Waals surface area contributed by atoms with E-state index in [1.54, 1.807) is 25.7 Å². The van der Waals surface area contributed by atoms with Gasteiger partial charge in [-0.1, -0.05) is 0 Å². The molecule has 0 unspecified atom stereocenters. The lowest BCUT2D eigenvalue weighted by atomic mass is 10.4. The summed E-state index contributed by atoms with van der Waals surface area (Å²) in [7, 11) is 1.67. The molecule has 0 bridgehead atoms. The summed E-state index contributed by atoms with van der Waals surface area (Å²) in [5, 5.41) is 5.43. The zero-order chi connectivity index (χ0) is 11.1. The predicted octanol–water partition coefficient (Wildman–Crippen LogP) is 1.03. The van der Waals surface area contributed by atoms with Crippen LogP contribution in [0, 0.1) is 0 Å². The zero-order valence-electron chi connectivity index (χ0n) is 9.12. The van der Waals surface area contributed by atoms with Crippen molar-refractivity contribution in [1.29, 1.82) is 0 Å². The van der Waals surface area contributed by atoms with E-state index in [9.17, 15) is 4.79 Å². The van der Waals surface area contributed by atoms with Gasteiger partial charge in [-0.25, -0.2) is 4.79 Å². The first-order valence-electron chi connectivity index (χ1n) is 4.95. The number of nitrogens with zero attached hydrogens (tertiary/aromatic N) is 1. The van der Waals surface area contributed by atoms with Gasteiger partial charge in [0.25, 0.3) is 0 Å². The Labute approximate surface area is 89.6 Å². The average Bonchev–Trinajstić information content (AvgIpc) is 2.89. The molecule has 0 aromatic rings. The standard InChI is InChI=1S/C10H17N3O2/c1-10(4-5-10)15-9(14)13-7-3-6-12-8-11-2/h3,6,8H,4-5,7H2,1-2H3,(H,11,12)(H,13,14)/b6-3+. The number of alkyl carbamates (subject to hydrolysis) is 1. The summed E-state index contributed by atoms with van der Waals surface area (Å²) >= 11 is 0. The van der Waals surface area contributed by atoms with Gasteiger partial charge < -0.3 is 15.4 Å². The Kier molecular flexibility index (Phi) is 4.15. The van der Waals surface area contributed by atoms with Crippen molar-refractivity contribution >= 4 is 12.4 Å². The first-order valence-corrected chi connectivity index (χ1v) is 4.95. The highest BCUT2D eigenvalue weighted by Crippen LogP contribution is 2.38. The molecule has 0 radical (unpaired) electrons. The van der Waals surface area contributed by atoms with E-state index in [2.05, 4.69) is 15.6 Å². The molecule has 1 aliphatic rings. The van der Waals surface area contributed by atoms with Crippen LogP contribution in [-0.2, 0) is 4.74 Å². The SMILES string of the molecule is CN=CN/C=C/CNC(=O)OC1(C)CC1. The van der Waals surface area contributed by atoms with E-state index in [0.717, 1.165) is 12.8 Å². The van der Waals surface area contributed by atoms with Crippen LogP contribution in [-0.4, -0.2) is 31.6 Å². The molecule has 2 N–H and O–H groups in total. The molecule has 1 amide bonds. The van der Waals surface area contributed by atoms with Crippen LogP contribution in [0.2, 0.25) is 0 Å². The minimum Gasteiger partial charge on any atom is -0.443 e. The summed E-state index contributed by atoms with van der Waals surface area (Å²) in [6, 6.07) is 0. The van der Waals surface area contributed by atoms with Crippen molar-refractivity contribution in [3.8, 4) is 0 Å². The Morgan fingerprint density at radius 2 is 2.33 bits per heavy atom. The monoisotopic (exact) mass is 211 g/mol. The molecular formula is C10H17N3O2. The molecule has 0 aromatic heterocycles. The lowest BCUT2D eigenvalue weighted by Crippen LogP contribution is -2.28. The summed E-state index contributed by atoms with van der Waals surface area (Å²) < 4.78 is 5.15. The molecule has 0 aromatic carbocycles. The van der Waals surface area contributed by atoms with E-state index in [1.165, 1.54) is 0 Å². The minimum atomic E-state index is -0.358. The second kappa shape index (κ2) is 5.38. The fourth-order valence-electron chi connectivity index (χ4n) is 0.925. The van der Waals surface area contributed by atoms with Gasteiger partial charge >= 0.3 is 6.09 Å². The van der Waals surface area contributed by atoms with E-state index >= 15 is 0 Å². The molecule has 15 heavy (non-hydrogen) atoms. The van der Waals surface area contributed by atoms with Crippen LogP contribution in [0.1, 0.15) is 19.8 Å². The molecule has 1 aliphatic carbocycles. The Morgan fingerprint density at radius 3 is 2.93 bits per heavy atom. The van der Waals surface area contributed by atoms with Gasteiger partial charge in [0.05, 0.1) is 6.34 Å². The van der Waals surface area contributed by atoms with Gasteiger partial charge in [0.1, 0.15) is 5.60 Å². The molecule has 5 heteroatoms. The maximum Gasteiger partial charge on any atom is 0.407 e. The number of ether oxygens (including phenoxy) is 1. The number of nitrogens with one attached hydrogen (secondary N) is 2. The van der Waals surface area contributed by atoms with Gasteiger partial charge in [-0.2, -0.15) is 0 Å². The van der Waals surface area contributed by atoms with E-state index in [-0.39, 0.29) is 11.7 Å². The Morgan fingerprint density at radius 1 is 1.60 bits per heavy atom. The summed E-state index contributed by atoms with van der Waals surface area (Å²) in [6.07, 6.45) is 6.60. The van der Waals surface area contributed by atoms with Crippen LogP contribution >= 0.6 is 0 Å². The van der Waals surface area contributed by atoms with E-state index < -0.39 is 0 Å². The normalized spacial score (nSPS) is 18.0. The van der Waals surface area contributed by atoms with Crippen molar-refractivity contribution in [1.82, 2.24) is 10.6 Å². The largest absolute Gasteiger partial charge is 0.443 e. The van der Waals surface area contributed by atoms with E-state index in [1.807, 2.05) is 6.92 Å². The second-order valence-electron chi connectivity index (χ2n) is 3.68. The van der Waals surface area contributed by atoms with E-state index in [0.29, 0.717) is 6.54 Å². The molecule has 1 saturated carbocycles. The summed E-state index contributed by atoms with van der Waals surface area (Å²) in [5.74, 6) is 0. The number of aliphatic imine (C=N–C) groups is 1. The van der Waals surface area contributed by atoms with Crippen molar-refractivity contribution in [2.24, 2.45) is 4.99 Å². The zero-order valence-corrected chi connectivity index (χ0v) is 9.12. The van der Waals surface area contributed by atoms with Gasteiger partial charge in [-0.3, -0.25) is 4.99 Å². The summed E-state index contributed by atoms with van der Waals surface area (Å²) in [5.41, 5.74) is -0.207. The summed E-state index contributed by atoms with van der Waals surface area (Å²) in [6.45, 7) is 2.38. The number of amides is 1. The highest BCUT2D eigenvalue weighted by Gasteiger charge is 2.41. The minimum absolute atomic E-state index is 0.207. The topological polar surface area (TPSA) is 62.7 Å². The van der Waals surface area contributed by atoms with Crippen molar-refractivity contribution in [2.45, 2.75) is 25.4 Å². The molecule has 0 saturated heterocycles. The number of hydrogen-bond acceptors (Lipinski definition) is 3. The fraction of sp³-hybridized carbons (Fsp3) is 0.600. The molecular weight excluding hydrogens is 194 g/mol. The van der Waals surface area contributed by atoms with E-state index in [4.69, 9.17) is 4.74 Å². The average molecular weight is 211 g/mol. The second-order valence-corrected chi connectivity index (χ2v) is 3.68. The van der Waals surface area contributed by atoms with Gasteiger partial charge in [-0.15, -0.1) is 0 Å². The molecule has 0 heterocycles. The molecule has 84 valence electrons. The number of hydrogen-bond donors (Lipinski definition) is 2. The Balaban J connectivity index is 2.04. The van der Waals surface area contributed by atoms with Crippen LogP contribution in [0.4, 0.5) is 4.79 Å². The third-order valence-corrected chi connectivity index (χ3v) is 2.08. The molecule has 0 aliphatic heterocycles. The predicted molar refractivity (Wildman–Crippen MR) is 58.8 cm³/mol. The first-order chi connectivity index (χ1) is 7.16. The van der Waals surface area contributed by atoms with Gasteiger partial charge in [0.15, 0.2) is 0 Å². The van der Waals surface area contributed by atoms with Gasteiger partial charge in [0, 0.05) is 13.6 Å². The van der Waals surface area contributed by atoms with Crippen molar-refractivity contribution in [3.05, 3.63) is 12.3 Å². The molecule has 5 nitrogen and oxygen atoms in total. The quantitative estimate of drug-likeness (QED) is 0.527. The third-order valence-electron chi connectivity index (χ3n) is 2.08. The number of rotatable bonds is 5. The highest BCUT2D eigenvalue weighted by molar-refractivity contribution is 5.68. The van der Waals surface area contributed by atoms with Crippen molar-refractivity contribution in [2.75, 3.05) is 13.6 Å². The molecule has 0 spiro atoms. The van der Waals surface area contributed by atoms with Crippen LogP contribution in [0.25, 0.3) is 0 Å². The van der Waals surface area contributed by atoms with Gasteiger partial charge in [0.2, 0.25) is 0 Å². The van der Waals surface area contributed by atoms with Gasteiger partial charge in [-0.05, 0) is 32.0 Å². The summed E-state index contributed by atoms with van der Waals surface area (Å²) in [4.78, 5) is 14.9. The maximum absolute atomic E-state index is 11.2. The Bertz CT molecular complexity index is 270. The lowest BCUT2D eigenvalue weighted by Gasteiger charge is -2.10. The lowest BCUT2D eigenvalue weighted by molar-refractivity contribution is 0.0943. The van der Waals surface area contributed by atoms with Crippen molar-refractivity contribution in [3.63, 3.8) is 0 Å². The van der Waals surface area contributed by atoms with Crippen molar-refractivity contribution < 1.29 is 9.53 Å². The van der Waals surface area contributed by atoms with Crippen LogP contribution in [0.5, 0.6) is 0 Å². The van der Waals surface area contributed by atoms with Crippen LogP contribution in [0.15, 0.2) is 17.3 Å². The highest BCUT2D eigenvalue weighted by atomic mass is 16.6. The molecule has 0 atom stereocenters. The smallest absolute Gasteiger partial charge is 0.407 e. The molecule has 1 rings (SSSR count). The molecule has 1 fully saturated rings. The number of carbonyl (C=O) groups excluding carboxylic acids is 1. The fourth-order valence-corrected chi connectivity index (χ4v) is 0.925. The Hall–Kier alpha value is -1.52. The van der Waals surface area contributed by atoms with Crippen LogP contribution in [0.3, 0.4) is 0 Å². The first kappa shape index (κ1) is 11.6. The third kappa shape index (κ3) is 5.05. The van der Waals surface area contributed by atoms with Crippen LogP contribution < -0.4 is 10.6 Å². The number of carbonyl (C=O) groups is 1.